The van der Waals surface area contributed by atoms with Gasteiger partial charge in [-0.3, -0.25) is 0 Å². The first kappa shape index (κ1) is 10.5. The number of rotatable bonds is 3. The van der Waals surface area contributed by atoms with E-state index in [2.05, 4.69) is 15.9 Å². The molecule has 1 aliphatic heterocycles. The molecule has 3 nitrogen and oxygen atoms in total. The van der Waals surface area contributed by atoms with Gasteiger partial charge >= 0.3 is 5.97 Å². The van der Waals surface area contributed by atoms with Crippen molar-refractivity contribution in [2.75, 3.05) is 0 Å². The van der Waals surface area contributed by atoms with Gasteiger partial charge in [0.25, 0.3) is 0 Å². The van der Waals surface area contributed by atoms with Crippen molar-refractivity contribution in [3.05, 3.63) is 22.4 Å². The fourth-order valence-electron chi connectivity index (χ4n) is 1.12. The van der Waals surface area contributed by atoms with Gasteiger partial charge in [0.05, 0.1) is 11.7 Å². The van der Waals surface area contributed by atoms with E-state index in [1.54, 1.807) is 6.08 Å². The molecule has 0 saturated carbocycles. The summed E-state index contributed by atoms with van der Waals surface area (Å²) >= 11 is 3.05. The van der Waals surface area contributed by atoms with Crippen molar-refractivity contribution >= 4 is 21.9 Å². The average Bonchev–Trinajstić information content (AvgIpc) is 2.47. The number of hydrogen-bond acceptors (Lipinski definition) is 3. The van der Waals surface area contributed by atoms with Crippen LogP contribution in [-0.4, -0.2) is 17.2 Å². The van der Waals surface area contributed by atoms with Crippen molar-refractivity contribution < 1.29 is 14.6 Å². The summed E-state index contributed by atoms with van der Waals surface area (Å²) in [6, 6.07) is 0. The highest BCUT2D eigenvalue weighted by atomic mass is 79.9. The van der Waals surface area contributed by atoms with E-state index in [9.17, 15) is 9.90 Å². The Labute approximate surface area is 85.2 Å². The Balaban J connectivity index is 2.74. The fourth-order valence-corrected chi connectivity index (χ4v) is 1.35. The largest absolute Gasteiger partial charge is 0.423 e. The minimum Gasteiger partial charge on any atom is -0.423 e. The normalized spacial score (nSPS) is 21.6. The Morgan fingerprint density at radius 3 is 2.92 bits per heavy atom. The summed E-state index contributed by atoms with van der Waals surface area (Å²) in [5.74, 6) is -0.0122. The molecule has 0 saturated heterocycles. The topological polar surface area (TPSA) is 46.5 Å². The third-order valence-corrected chi connectivity index (χ3v) is 2.22. The van der Waals surface area contributed by atoms with E-state index >= 15 is 0 Å². The van der Waals surface area contributed by atoms with Crippen molar-refractivity contribution in [3.8, 4) is 0 Å². The lowest BCUT2D eigenvalue weighted by Crippen LogP contribution is -2.15. The van der Waals surface area contributed by atoms with Gasteiger partial charge < -0.3 is 9.84 Å². The summed E-state index contributed by atoms with van der Waals surface area (Å²) in [6.45, 7) is 1.95. The molecule has 0 radical (unpaired) electrons. The number of esters is 1. The van der Waals surface area contributed by atoms with E-state index < -0.39 is 12.1 Å². The molecule has 1 unspecified atom stereocenters. The van der Waals surface area contributed by atoms with Gasteiger partial charge in [-0.2, -0.15) is 0 Å². The van der Waals surface area contributed by atoms with Crippen LogP contribution >= 0.6 is 15.9 Å². The Morgan fingerprint density at radius 2 is 2.46 bits per heavy atom. The molecule has 0 aromatic heterocycles. The first-order chi connectivity index (χ1) is 6.19. The molecule has 1 atom stereocenters. The van der Waals surface area contributed by atoms with Crippen molar-refractivity contribution in [3.63, 3.8) is 0 Å². The number of allylic oxidation sites excluding steroid dienone is 1. The summed E-state index contributed by atoms with van der Waals surface area (Å²) in [5, 5.41) is 9.52. The smallest absolute Gasteiger partial charge is 0.342 e. The Hall–Kier alpha value is -0.610. The lowest BCUT2D eigenvalue weighted by Gasteiger charge is -2.06. The van der Waals surface area contributed by atoms with Gasteiger partial charge in [-0.15, -0.1) is 0 Å². The molecular weight excluding hydrogens is 236 g/mol. The van der Waals surface area contributed by atoms with Crippen LogP contribution in [0.3, 0.4) is 0 Å². The van der Waals surface area contributed by atoms with Crippen LogP contribution in [0.25, 0.3) is 0 Å². The molecule has 0 aromatic rings. The van der Waals surface area contributed by atoms with Crippen molar-refractivity contribution in [2.45, 2.75) is 25.9 Å². The Kier molecular flexibility index (Phi) is 3.69. The number of halogens is 1. The highest BCUT2D eigenvalue weighted by Crippen LogP contribution is 2.22. The average molecular weight is 247 g/mol. The maximum atomic E-state index is 11.1. The molecular formula is C9H11BrO3. The Bertz CT molecular complexity index is 268. The van der Waals surface area contributed by atoms with Gasteiger partial charge in [0.15, 0.2) is 0 Å². The lowest BCUT2D eigenvalue weighted by atomic mass is 10.1. The maximum absolute atomic E-state index is 11.1. The van der Waals surface area contributed by atoms with Gasteiger partial charge in [0.1, 0.15) is 5.76 Å². The number of carbonyl (C=O) groups is 1. The van der Waals surface area contributed by atoms with E-state index in [-0.39, 0.29) is 0 Å². The molecule has 0 bridgehead atoms. The number of hydrogen-bond donors (Lipinski definition) is 1. The van der Waals surface area contributed by atoms with Crippen LogP contribution in [0.4, 0.5) is 0 Å². The highest BCUT2D eigenvalue weighted by Gasteiger charge is 2.26. The van der Waals surface area contributed by atoms with Gasteiger partial charge in [-0.1, -0.05) is 29.3 Å². The fraction of sp³-hybridized carbons (Fsp3) is 0.444. The minimum atomic E-state index is -0.706. The molecule has 0 fully saturated rings. The second kappa shape index (κ2) is 4.58. The van der Waals surface area contributed by atoms with E-state index in [0.717, 1.165) is 6.42 Å². The number of cyclic esters (lactones) is 1. The van der Waals surface area contributed by atoms with Crippen molar-refractivity contribution in [1.29, 1.82) is 0 Å². The van der Waals surface area contributed by atoms with Gasteiger partial charge in [-0.25, -0.2) is 4.79 Å². The molecule has 1 N–H and O–H groups in total. The summed E-state index contributed by atoms with van der Waals surface area (Å²) in [4.78, 5) is 12.7. The zero-order chi connectivity index (χ0) is 9.84. The zero-order valence-corrected chi connectivity index (χ0v) is 8.87. The molecule has 13 heavy (non-hydrogen) atoms. The van der Waals surface area contributed by atoms with Crippen LogP contribution in [0.1, 0.15) is 19.8 Å². The lowest BCUT2D eigenvalue weighted by molar-refractivity contribution is -0.134. The maximum Gasteiger partial charge on any atom is 0.342 e. The molecule has 0 aliphatic carbocycles. The highest BCUT2D eigenvalue weighted by molar-refractivity contribution is 9.11. The summed E-state index contributed by atoms with van der Waals surface area (Å²) in [5.41, 5.74) is 0.340. The quantitative estimate of drug-likeness (QED) is 0.774. The predicted octanol–water partition coefficient (Wildman–Crippen LogP) is 1.87. The summed E-state index contributed by atoms with van der Waals surface area (Å²) < 4.78 is 4.81. The standard InChI is InChI=1S/C9H11BrO3/c1-2-3-8(11)7-4-6(5-10)13-9(7)12/h4-5,8,11H,2-3H2,1H3/b6-5-. The van der Waals surface area contributed by atoms with Crippen LogP contribution in [0.2, 0.25) is 0 Å². The second-order valence-corrected chi connectivity index (χ2v) is 3.26. The third kappa shape index (κ3) is 2.42. The van der Waals surface area contributed by atoms with Crippen LogP contribution in [0, 0.1) is 0 Å². The number of aliphatic hydroxyl groups excluding tert-OH is 1. The second-order valence-electron chi connectivity index (χ2n) is 2.81. The first-order valence-corrected chi connectivity index (χ1v) is 5.02. The molecule has 0 spiro atoms. The third-order valence-electron chi connectivity index (χ3n) is 1.77. The van der Waals surface area contributed by atoms with E-state index in [0.29, 0.717) is 17.8 Å². The summed E-state index contributed by atoms with van der Waals surface area (Å²) in [7, 11) is 0. The van der Waals surface area contributed by atoms with Gasteiger partial charge in [-0.05, 0) is 12.5 Å². The summed E-state index contributed by atoms with van der Waals surface area (Å²) in [6.07, 6.45) is 2.26. The van der Waals surface area contributed by atoms with E-state index in [1.165, 1.54) is 4.99 Å². The minimum absolute atomic E-state index is 0.340. The van der Waals surface area contributed by atoms with Crippen LogP contribution < -0.4 is 0 Å². The molecule has 0 amide bonds. The molecule has 1 aliphatic rings. The molecule has 1 rings (SSSR count). The van der Waals surface area contributed by atoms with E-state index in [4.69, 9.17) is 4.74 Å². The van der Waals surface area contributed by atoms with Gasteiger partial charge in [0, 0.05) is 4.99 Å². The molecule has 1 heterocycles. The zero-order valence-electron chi connectivity index (χ0n) is 7.29. The van der Waals surface area contributed by atoms with Crippen LogP contribution in [-0.2, 0) is 9.53 Å². The number of ether oxygens (including phenoxy) is 1. The number of carbonyl (C=O) groups excluding carboxylic acids is 1. The first-order valence-electron chi connectivity index (χ1n) is 4.11. The molecule has 4 heteroatoms. The van der Waals surface area contributed by atoms with Gasteiger partial charge in [0.2, 0.25) is 0 Å². The van der Waals surface area contributed by atoms with Crippen molar-refractivity contribution in [2.24, 2.45) is 0 Å². The molecule has 72 valence electrons. The SMILES string of the molecule is CCCC(O)C1=C/C(=C/Br)OC1=O. The predicted molar refractivity (Wildman–Crippen MR) is 52.1 cm³/mol. The van der Waals surface area contributed by atoms with Crippen LogP contribution in [0.15, 0.2) is 22.4 Å². The monoisotopic (exact) mass is 246 g/mol. The van der Waals surface area contributed by atoms with Crippen LogP contribution in [0.5, 0.6) is 0 Å². The van der Waals surface area contributed by atoms with Crippen molar-refractivity contribution in [1.82, 2.24) is 0 Å². The Morgan fingerprint density at radius 1 is 1.77 bits per heavy atom. The van der Waals surface area contributed by atoms with E-state index in [1.807, 2.05) is 6.92 Å². The molecule has 0 aromatic carbocycles. The number of aliphatic hydroxyl groups is 1.